The number of hydrogen-bond acceptors (Lipinski definition) is 15. The second-order valence-electron chi connectivity index (χ2n) is 13.1. The van der Waals surface area contributed by atoms with Crippen LogP contribution in [0.2, 0.25) is 0 Å². The van der Waals surface area contributed by atoms with E-state index in [4.69, 9.17) is 15.7 Å². The van der Waals surface area contributed by atoms with Gasteiger partial charge in [0.25, 0.3) is 5.91 Å². The summed E-state index contributed by atoms with van der Waals surface area (Å²) in [6.45, 7) is 3.42. The number of carboxylic acid groups (broad SMARTS) is 3. The molecule has 2 saturated heterocycles. The van der Waals surface area contributed by atoms with Crippen molar-refractivity contribution in [1.29, 1.82) is 0 Å². The number of halogens is 1. The van der Waals surface area contributed by atoms with Crippen LogP contribution in [0.1, 0.15) is 48.7 Å². The average molecular weight is 808 g/mol. The van der Waals surface area contributed by atoms with Crippen LogP contribution in [-0.2, 0) is 33.6 Å². The number of phenolic OH excluding ortho intramolecular Hbond substituents is 2. The molecule has 2 amide bonds. The number of Topliss-reactive ketones (excluding diaryl/α,β-unsaturated/α-hetero) is 2. The number of nitrogens with one attached hydrogen (secondary N) is 1. The van der Waals surface area contributed by atoms with Crippen LogP contribution in [0, 0.1) is 11.7 Å². The maximum absolute atomic E-state index is 13.8. The third-order valence-corrected chi connectivity index (χ3v) is 11.7. The van der Waals surface area contributed by atoms with Crippen LogP contribution in [0.25, 0.3) is 0 Å². The van der Waals surface area contributed by atoms with Crippen molar-refractivity contribution >= 4 is 75.2 Å². The SMILES string of the molecule is C[C@@H]1S[C@@H]2[C@H](CC(=O)/C(=N\O[C@@H](CC(=O)O)C(=O)O)c3csc(N)n3)C(=O)N2C(C(=O)O)=C1C[N+]1(CCNC(=O)C(=O)c2cc(O)c(O)c(F)c2)CCCC1. The zero-order chi connectivity index (χ0) is 40.4. The molecule has 8 N–H and O–H groups in total. The lowest BCUT2D eigenvalue weighted by Gasteiger charge is -2.51. The van der Waals surface area contributed by atoms with E-state index in [0.29, 0.717) is 29.2 Å². The second-order valence-corrected chi connectivity index (χ2v) is 15.5. The quantitative estimate of drug-likeness (QED) is 0.0221. The summed E-state index contributed by atoms with van der Waals surface area (Å²) in [6.07, 6.45) is -1.84. The van der Waals surface area contributed by atoms with Crippen LogP contribution in [0.4, 0.5) is 9.52 Å². The van der Waals surface area contributed by atoms with E-state index in [1.54, 1.807) is 6.92 Å². The number of ketones is 2. The Morgan fingerprint density at radius 3 is 2.42 bits per heavy atom. The van der Waals surface area contributed by atoms with Crippen molar-refractivity contribution < 1.29 is 72.8 Å². The van der Waals surface area contributed by atoms with Crippen LogP contribution in [-0.4, -0.2) is 136 Å². The van der Waals surface area contributed by atoms with Gasteiger partial charge in [-0.25, -0.2) is 19.0 Å². The fourth-order valence-electron chi connectivity index (χ4n) is 6.73. The maximum atomic E-state index is 13.8. The molecule has 4 atom stereocenters. The lowest BCUT2D eigenvalue weighted by atomic mass is 9.88. The number of oxime groups is 1. The molecule has 0 radical (unpaired) electrons. The van der Waals surface area contributed by atoms with Gasteiger partial charge in [0, 0.05) is 41.0 Å². The van der Waals surface area contributed by atoms with Crippen molar-refractivity contribution in [3.63, 3.8) is 0 Å². The number of nitrogen functional groups attached to an aromatic ring is 1. The zero-order valence-electron chi connectivity index (χ0n) is 29.0. The topological polar surface area (TPSA) is 296 Å². The number of carbonyl (C=O) groups is 7. The van der Waals surface area contributed by atoms with E-state index in [1.807, 2.05) is 0 Å². The summed E-state index contributed by atoms with van der Waals surface area (Å²) >= 11 is 2.20. The van der Waals surface area contributed by atoms with E-state index in [2.05, 4.69) is 15.5 Å². The second kappa shape index (κ2) is 16.4. The summed E-state index contributed by atoms with van der Waals surface area (Å²) in [4.78, 5) is 97.9. The van der Waals surface area contributed by atoms with E-state index in [0.717, 1.165) is 35.1 Å². The van der Waals surface area contributed by atoms with E-state index >= 15 is 0 Å². The number of amides is 2. The number of anilines is 1. The highest BCUT2D eigenvalue weighted by molar-refractivity contribution is 8.00. The van der Waals surface area contributed by atoms with E-state index in [9.17, 15) is 58.4 Å². The van der Waals surface area contributed by atoms with Crippen molar-refractivity contribution in [2.75, 3.05) is 38.5 Å². The summed E-state index contributed by atoms with van der Waals surface area (Å²) in [6, 6.07) is 1.39. The first-order chi connectivity index (χ1) is 25.9. The Bertz CT molecular complexity index is 1990. The minimum atomic E-state index is -1.94. The number of thioether (sulfide) groups is 1. The molecule has 1 aromatic carbocycles. The van der Waals surface area contributed by atoms with E-state index in [1.165, 1.54) is 17.1 Å². The lowest BCUT2D eigenvalue weighted by Crippen LogP contribution is -2.63. The minimum absolute atomic E-state index is 0.0223. The molecular weight excluding hydrogens is 772 g/mol. The molecule has 0 unspecified atom stereocenters. The number of aromatic nitrogens is 1. The van der Waals surface area contributed by atoms with E-state index < -0.39 is 105 Å². The van der Waals surface area contributed by atoms with E-state index in [-0.39, 0.29) is 36.2 Å². The van der Waals surface area contributed by atoms with Crippen LogP contribution >= 0.6 is 23.1 Å². The Kier molecular flexibility index (Phi) is 12.1. The summed E-state index contributed by atoms with van der Waals surface area (Å²) < 4.78 is 14.2. The van der Waals surface area contributed by atoms with Gasteiger partial charge in [-0.15, -0.1) is 23.1 Å². The van der Waals surface area contributed by atoms with Gasteiger partial charge in [-0.3, -0.25) is 28.9 Å². The summed E-state index contributed by atoms with van der Waals surface area (Å²) in [5, 5.41) is 54.1. The molecule has 5 rings (SSSR count). The third-order valence-electron chi connectivity index (χ3n) is 9.48. The predicted molar refractivity (Wildman–Crippen MR) is 189 cm³/mol. The van der Waals surface area contributed by atoms with Crippen molar-refractivity contribution in [2.24, 2.45) is 11.1 Å². The average Bonchev–Trinajstić information content (AvgIpc) is 3.77. The number of phenols is 2. The number of aliphatic carboxylic acids is 3. The largest absolute Gasteiger partial charge is 0.504 e. The number of β-lactam (4-membered cyclic amide) rings is 1. The molecule has 1 aromatic heterocycles. The summed E-state index contributed by atoms with van der Waals surface area (Å²) in [5.41, 5.74) is 4.87. The molecule has 2 aromatic rings. The monoisotopic (exact) mass is 807 g/mol. The van der Waals surface area contributed by atoms with Crippen LogP contribution < -0.4 is 11.1 Å². The number of quaternary nitrogens is 1. The van der Waals surface area contributed by atoms with Gasteiger partial charge in [0.05, 0.1) is 43.9 Å². The first kappa shape index (κ1) is 40.6. The summed E-state index contributed by atoms with van der Waals surface area (Å²) in [5.74, 6) is -12.5. The fraction of sp³-hybridized carbons (Fsp3) is 0.424. The normalized spacial score (nSPS) is 21.0. The first-order valence-corrected chi connectivity index (χ1v) is 18.5. The van der Waals surface area contributed by atoms with Gasteiger partial charge < -0.3 is 45.9 Å². The Morgan fingerprint density at radius 2 is 1.84 bits per heavy atom. The molecule has 3 aliphatic heterocycles. The molecule has 0 aliphatic carbocycles. The number of rotatable bonds is 17. The van der Waals surface area contributed by atoms with Crippen LogP contribution in [0.3, 0.4) is 0 Å². The standard InChI is InChI=1S/C33H35FN6O13S2/c1-14-17(12-40(5-2-3-6-40)7-4-36-28(47)26(45)15-8-18(34)27(46)21(42)9-15)25(32(51)52)39-29(48)16(30(39)55-14)10-20(41)24(19-13-54-33(35)37-19)38-53-22(31(49)50)11-23(43)44/h8-9,13-14,16,22,30H,2-7,10-12H2,1H3,(H7-,35,36,37,38,41,42,43,44,45,46,47,49,50,51,52)/p+1/t14-,16+,22-,30+/m0/s1. The Labute approximate surface area is 318 Å². The number of hydrogen-bond donors (Lipinski definition) is 7. The number of aromatic hydroxyl groups is 2. The number of fused-ring (bicyclic) bond motifs is 1. The van der Waals surface area contributed by atoms with Gasteiger partial charge in [-0.2, -0.15) is 0 Å². The number of thiazole rings is 1. The highest BCUT2D eigenvalue weighted by Gasteiger charge is 2.56. The molecule has 3 aliphatic rings. The fourth-order valence-corrected chi connectivity index (χ4v) is 8.78. The molecule has 55 heavy (non-hydrogen) atoms. The maximum Gasteiger partial charge on any atom is 0.352 e. The lowest BCUT2D eigenvalue weighted by molar-refractivity contribution is -0.911. The Hall–Kier alpha value is -5.61. The zero-order valence-corrected chi connectivity index (χ0v) is 30.6. The van der Waals surface area contributed by atoms with Crippen LogP contribution in [0.15, 0.2) is 33.9 Å². The number of nitrogens with two attached hydrogens (primary N) is 1. The van der Waals surface area contributed by atoms with Crippen molar-refractivity contribution in [2.45, 2.75) is 49.3 Å². The van der Waals surface area contributed by atoms with Gasteiger partial charge in [-0.1, -0.05) is 5.16 Å². The molecule has 22 heteroatoms. The third kappa shape index (κ3) is 8.70. The predicted octanol–water partition coefficient (Wildman–Crippen LogP) is 0.752. The Balaban J connectivity index is 1.31. The van der Waals surface area contributed by atoms with Crippen molar-refractivity contribution in [1.82, 2.24) is 15.2 Å². The smallest absolute Gasteiger partial charge is 0.352 e. The van der Waals surface area contributed by atoms with Crippen molar-refractivity contribution in [3.05, 3.63) is 45.9 Å². The van der Waals surface area contributed by atoms with Crippen molar-refractivity contribution in [3.8, 4) is 11.5 Å². The number of carboxylic acids is 3. The number of benzene rings is 1. The van der Waals surface area contributed by atoms with Gasteiger partial charge >= 0.3 is 17.9 Å². The van der Waals surface area contributed by atoms with Crippen LogP contribution in [0.5, 0.6) is 11.5 Å². The molecule has 2 fully saturated rings. The van der Waals surface area contributed by atoms with Gasteiger partial charge in [0.15, 0.2) is 33.9 Å². The highest BCUT2D eigenvalue weighted by Crippen LogP contribution is 2.49. The molecule has 0 bridgehead atoms. The highest BCUT2D eigenvalue weighted by atomic mass is 32.2. The first-order valence-electron chi connectivity index (χ1n) is 16.7. The van der Waals surface area contributed by atoms with Gasteiger partial charge in [-0.05, 0) is 19.1 Å². The molecule has 0 saturated carbocycles. The number of nitrogens with zero attached hydrogens (tertiary/aromatic N) is 4. The summed E-state index contributed by atoms with van der Waals surface area (Å²) in [7, 11) is 0. The van der Waals surface area contributed by atoms with Gasteiger partial charge in [0.1, 0.15) is 17.9 Å². The van der Waals surface area contributed by atoms with Gasteiger partial charge in [0.2, 0.25) is 17.8 Å². The minimum Gasteiger partial charge on any atom is -0.504 e. The molecule has 294 valence electrons. The number of carbonyl (C=O) groups excluding carboxylic acids is 4. The number of likely N-dealkylation sites (tertiary alicyclic amines) is 1. The molecular formula is C33H36FN6O13S2+. The molecule has 4 heterocycles. The molecule has 0 spiro atoms. The molecule has 19 nitrogen and oxygen atoms in total. The Morgan fingerprint density at radius 1 is 1.15 bits per heavy atom.